The normalized spacial score (nSPS) is 14.8. The molecule has 29 heavy (non-hydrogen) atoms. The van der Waals surface area contributed by atoms with Crippen LogP contribution in [0.1, 0.15) is 32.5 Å². The Hall–Kier alpha value is -2.32. The number of hydrogen-bond donors (Lipinski definition) is 0. The molecule has 0 unspecified atom stereocenters. The van der Waals surface area contributed by atoms with Crippen molar-refractivity contribution in [2.45, 2.75) is 32.2 Å². The van der Waals surface area contributed by atoms with Gasteiger partial charge in [0.25, 0.3) is 5.56 Å². The fourth-order valence-electron chi connectivity index (χ4n) is 3.20. The van der Waals surface area contributed by atoms with Gasteiger partial charge in [0.1, 0.15) is 33.4 Å². The minimum Gasteiger partial charge on any atom is -0.485 e. The third-order valence-corrected chi connectivity index (χ3v) is 5.34. The van der Waals surface area contributed by atoms with Gasteiger partial charge in [0, 0.05) is 24.0 Å². The lowest BCUT2D eigenvalue weighted by Crippen LogP contribution is -2.25. The summed E-state index contributed by atoms with van der Waals surface area (Å²) in [6.07, 6.45) is 5.29. The maximum Gasteiger partial charge on any atom is 0.277 e. The highest BCUT2D eigenvalue weighted by molar-refractivity contribution is 9.10. The quantitative estimate of drug-likeness (QED) is 0.502. The molecule has 0 spiro atoms. The second-order valence-electron chi connectivity index (χ2n) is 6.49. The highest BCUT2D eigenvalue weighted by atomic mass is 79.9. The molecule has 0 aliphatic carbocycles. The van der Waals surface area contributed by atoms with Crippen molar-refractivity contribution >= 4 is 27.5 Å². The molecule has 0 bridgehead atoms. The largest absolute Gasteiger partial charge is 0.485 e. The SMILES string of the molecule is [2H]C([2H])(Oc1cc2n(c(=O)c1Cl)-c1cc(Br)ncc1CCCC2)c1ncc(F)cc1F. The first-order valence-corrected chi connectivity index (χ1v) is 9.94. The molecular weight excluding hydrogens is 468 g/mol. The molecule has 4 heterocycles. The molecule has 0 aromatic carbocycles. The van der Waals surface area contributed by atoms with E-state index in [1.165, 1.54) is 10.6 Å². The number of rotatable bonds is 3. The lowest BCUT2D eigenvalue weighted by Gasteiger charge is -2.21. The Kier molecular flexibility index (Phi) is 4.96. The number of fused-ring (bicyclic) bond motifs is 3. The molecule has 0 atom stereocenters. The lowest BCUT2D eigenvalue weighted by molar-refractivity contribution is 0.292. The average Bonchev–Trinajstić information content (AvgIpc) is 2.68. The number of hydrogen-bond acceptors (Lipinski definition) is 4. The van der Waals surface area contributed by atoms with Crippen LogP contribution in [0.5, 0.6) is 5.75 Å². The first kappa shape index (κ1) is 17.5. The summed E-state index contributed by atoms with van der Waals surface area (Å²) in [6.45, 7) is -2.79. The predicted octanol–water partition coefficient (Wildman–Crippen LogP) is 4.78. The average molecular weight is 485 g/mol. The van der Waals surface area contributed by atoms with E-state index in [0.29, 0.717) is 34.7 Å². The third-order valence-electron chi connectivity index (χ3n) is 4.56. The van der Waals surface area contributed by atoms with Crippen molar-refractivity contribution in [2.24, 2.45) is 0 Å². The molecule has 0 fully saturated rings. The first-order valence-electron chi connectivity index (χ1n) is 9.77. The summed E-state index contributed by atoms with van der Waals surface area (Å²) >= 11 is 9.58. The molecule has 0 saturated heterocycles. The van der Waals surface area contributed by atoms with Crippen LogP contribution in [0.2, 0.25) is 5.02 Å². The summed E-state index contributed by atoms with van der Waals surface area (Å²) in [5.41, 5.74) is 0.718. The van der Waals surface area contributed by atoms with Crippen LogP contribution >= 0.6 is 27.5 Å². The molecule has 1 aliphatic heterocycles. The lowest BCUT2D eigenvalue weighted by atomic mass is 10.0. The molecule has 0 amide bonds. The molecule has 0 N–H and O–H groups in total. The molecule has 3 aromatic rings. The van der Waals surface area contributed by atoms with Crippen molar-refractivity contribution in [2.75, 3.05) is 0 Å². The van der Waals surface area contributed by atoms with Gasteiger partial charge in [-0.1, -0.05) is 11.6 Å². The summed E-state index contributed by atoms with van der Waals surface area (Å²) in [6, 6.07) is 3.69. The van der Waals surface area contributed by atoms with E-state index in [-0.39, 0.29) is 10.8 Å². The zero-order valence-corrected chi connectivity index (χ0v) is 17.2. The van der Waals surface area contributed by atoms with Gasteiger partial charge in [-0.05, 0) is 53.2 Å². The fraction of sp³-hybridized carbons (Fsp3) is 0.250. The number of halogens is 4. The standard InChI is InChI=1S/C20H15BrClF2N3O2/c21-18-7-16-11(8-26-18)3-1-2-4-13-6-17(19(22)20(28)27(13)16)29-10-15-14(24)5-12(23)9-25-15/h5-9H,1-4,10H2/i10D2. The number of pyridine rings is 3. The molecule has 1 aliphatic rings. The topological polar surface area (TPSA) is 57.0 Å². The van der Waals surface area contributed by atoms with Gasteiger partial charge in [-0.2, -0.15) is 0 Å². The Labute approximate surface area is 181 Å². The maximum absolute atomic E-state index is 14.1. The summed E-state index contributed by atoms with van der Waals surface area (Å²) in [7, 11) is 0. The van der Waals surface area contributed by atoms with Crippen molar-refractivity contribution in [1.82, 2.24) is 14.5 Å². The van der Waals surface area contributed by atoms with E-state index in [0.717, 1.165) is 24.8 Å². The van der Waals surface area contributed by atoms with Crippen LogP contribution in [-0.4, -0.2) is 14.5 Å². The van der Waals surface area contributed by atoms with Gasteiger partial charge in [0.2, 0.25) is 0 Å². The van der Waals surface area contributed by atoms with E-state index in [1.807, 2.05) is 0 Å². The summed E-state index contributed by atoms with van der Waals surface area (Å²) in [4.78, 5) is 20.9. The van der Waals surface area contributed by atoms with Gasteiger partial charge in [-0.25, -0.2) is 13.8 Å². The molecular formula is C20H15BrClF2N3O2. The Morgan fingerprint density at radius 3 is 2.79 bits per heavy atom. The van der Waals surface area contributed by atoms with E-state index in [9.17, 15) is 13.6 Å². The number of aryl methyl sites for hydroxylation is 2. The maximum atomic E-state index is 14.1. The molecule has 3 aromatic heterocycles. The van der Waals surface area contributed by atoms with Crippen molar-refractivity contribution in [3.8, 4) is 11.4 Å². The predicted molar refractivity (Wildman–Crippen MR) is 108 cm³/mol. The molecule has 9 heteroatoms. The van der Waals surface area contributed by atoms with E-state index in [1.54, 1.807) is 12.3 Å². The van der Waals surface area contributed by atoms with Crippen LogP contribution in [-0.2, 0) is 19.4 Å². The van der Waals surface area contributed by atoms with Gasteiger partial charge in [0.15, 0.2) is 5.82 Å². The van der Waals surface area contributed by atoms with Gasteiger partial charge >= 0.3 is 0 Å². The van der Waals surface area contributed by atoms with E-state index in [2.05, 4.69) is 25.9 Å². The monoisotopic (exact) mass is 483 g/mol. The number of ether oxygens (including phenoxy) is 1. The van der Waals surface area contributed by atoms with Gasteiger partial charge in [-0.3, -0.25) is 14.3 Å². The Balaban J connectivity index is 1.83. The Morgan fingerprint density at radius 1 is 1.21 bits per heavy atom. The third kappa shape index (κ3) is 4.04. The van der Waals surface area contributed by atoms with Crippen molar-refractivity contribution < 1.29 is 16.3 Å². The Morgan fingerprint density at radius 2 is 2.00 bits per heavy atom. The summed E-state index contributed by atoms with van der Waals surface area (Å²) in [5, 5.41) is -0.366. The minimum absolute atomic E-state index is 0.247. The van der Waals surface area contributed by atoms with Crippen LogP contribution in [0.3, 0.4) is 0 Å². The highest BCUT2D eigenvalue weighted by Crippen LogP contribution is 2.29. The number of nitrogens with zero attached hydrogens (tertiary/aromatic N) is 3. The van der Waals surface area contributed by atoms with Crippen LogP contribution in [0.4, 0.5) is 8.78 Å². The molecule has 4 rings (SSSR count). The Bertz CT molecular complexity index is 1240. The van der Waals surface area contributed by atoms with Crippen molar-refractivity contribution in [3.63, 3.8) is 0 Å². The van der Waals surface area contributed by atoms with Crippen LogP contribution in [0.25, 0.3) is 5.69 Å². The van der Waals surface area contributed by atoms with E-state index < -0.39 is 29.4 Å². The van der Waals surface area contributed by atoms with Crippen LogP contribution in [0.15, 0.2) is 40.0 Å². The van der Waals surface area contributed by atoms with Crippen LogP contribution in [0, 0.1) is 11.6 Å². The molecule has 150 valence electrons. The first-order chi connectivity index (χ1) is 14.7. The van der Waals surface area contributed by atoms with E-state index >= 15 is 0 Å². The van der Waals surface area contributed by atoms with Gasteiger partial charge in [0.05, 0.1) is 14.6 Å². The molecule has 5 nitrogen and oxygen atoms in total. The smallest absolute Gasteiger partial charge is 0.277 e. The van der Waals surface area contributed by atoms with Gasteiger partial charge < -0.3 is 4.74 Å². The van der Waals surface area contributed by atoms with Crippen molar-refractivity contribution in [3.05, 3.63) is 79.2 Å². The number of aromatic nitrogens is 3. The molecule has 0 radical (unpaired) electrons. The summed E-state index contributed by atoms with van der Waals surface area (Å²) in [5.74, 6) is -2.41. The minimum atomic E-state index is -2.79. The second-order valence-corrected chi connectivity index (χ2v) is 7.68. The highest BCUT2D eigenvalue weighted by Gasteiger charge is 2.20. The van der Waals surface area contributed by atoms with Gasteiger partial charge in [-0.15, -0.1) is 0 Å². The zero-order chi connectivity index (χ0) is 22.3. The van der Waals surface area contributed by atoms with Crippen LogP contribution < -0.4 is 10.3 Å². The van der Waals surface area contributed by atoms with E-state index in [4.69, 9.17) is 19.1 Å². The second kappa shape index (κ2) is 8.20. The summed E-state index contributed by atoms with van der Waals surface area (Å²) < 4.78 is 50.7. The van der Waals surface area contributed by atoms with Crippen molar-refractivity contribution in [1.29, 1.82) is 0 Å². The fourth-order valence-corrected chi connectivity index (χ4v) is 3.70. The zero-order valence-electron chi connectivity index (χ0n) is 16.9. The molecule has 0 saturated carbocycles.